The van der Waals surface area contributed by atoms with Crippen molar-refractivity contribution in [3.63, 3.8) is 0 Å². The number of imide groups is 1. The molecule has 6 rings (SSSR count). The fraction of sp³-hybridized carbons (Fsp3) is 0.154. The molecule has 0 spiro atoms. The summed E-state index contributed by atoms with van der Waals surface area (Å²) in [6.45, 7) is 1.95. The predicted molar refractivity (Wildman–Crippen MR) is 139 cm³/mol. The molecule has 2 atom stereocenters. The van der Waals surface area contributed by atoms with E-state index in [1.807, 2.05) is 68.7 Å². The molecule has 4 aromatic rings. The summed E-state index contributed by atoms with van der Waals surface area (Å²) in [7, 11) is 1.88. The molecule has 7 nitrogen and oxygen atoms in total. The third-order valence-corrected chi connectivity index (χ3v) is 7.98. The van der Waals surface area contributed by atoms with Gasteiger partial charge in [-0.2, -0.15) is 5.10 Å². The van der Waals surface area contributed by atoms with Crippen LogP contribution in [0.1, 0.15) is 11.3 Å². The Morgan fingerprint density at radius 2 is 1.89 bits per heavy atom. The van der Waals surface area contributed by atoms with Gasteiger partial charge in [0.1, 0.15) is 5.25 Å². The summed E-state index contributed by atoms with van der Waals surface area (Å²) in [5.74, 6) is -0.278. The number of amides is 3. The van der Waals surface area contributed by atoms with Crippen LogP contribution in [-0.2, 0) is 11.8 Å². The molecule has 174 valence electrons. The summed E-state index contributed by atoms with van der Waals surface area (Å²) in [5.41, 5.74) is 4.11. The van der Waals surface area contributed by atoms with Gasteiger partial charge in [-0.15, -0.1) is 11.8 Å². The van der Waals surface area contributed by atoms with Gasteiger partial charge < -0.3 is 5.32 Å². The van der Waals surface area contributed by atoms with E-state index in [4.69, 9.17) is 11.6 Å². The molecule has 3 amide bonds. The molecule has 35 heavy (non-hydrogen) atoms. The smallest absolute Gasteiger partial charge is 0.329 e. The maximum absolute atomic E-state index is 13.7. The van der Waals surface area contributed by atoms with Gasteiger partial charge in [-0.05, 0) is 24.6 Å². The summed E-state index contributed by atoms with van der Waals surface area (Å²) < 4.78 is 1.77. The number of hydrogen-bond acceptors (Lipinski definition) is 5. The molecule has 0 saturated carbocycles. The number of rotatable bonds is 3. The normalized spacial score (nSPS) is 19.6. The lowest BCUT2D eigenvalue weighted by Crippen LogP contribution is -2.60. The number of carbonyl (C=O) groups is 2. The van der Waals surface area contributed by atoms with Crippen molar-refractivity contribution in [2.45, 2.75) is 18.2 Å². The minimum atomic E-state index is -0.513. The van der Waals surface area contributed by atoms with Crippen LogP contribution in [0.4, 0.5) is 10.5 Å². The second-order valence-electron chi connectivity index (χ2n) is 8.56. The lowest BCUT2D eigenvalue weighted by atomic mass is 9.98. The van der Waals surface area contributed by atoms with Crippen LogP contribution in [0.2, 0.25) is 5.02 Å². The van der Waals surface area contributed by atoms with Gasteiger partial charge >= 0.3 is 6.03 Å². The van der Waals surface area contributed by atoms with E-state index in [-0.39, 0.29) is 5.91 Å². The molecule has 0 radical (unpaired) electrons. The third-order valence-electron chi connectivity index (χ3n) is 6.32. The highest BCUT2D eigenvalue weighted by atomic mass is 35.5. The highest BCUT2D eigenvalue weighted by Gasteiger charge is 2.46. The number of halogens is 1. The number of anilines is 1. The maximum atomic E-state index is 13.7. The van der Waals surface area contributed by atoms with Crippen LogP contribution in [-0.4, -0.2) is 38.0 Å². The van der Waals surface area contributed by atoms with Crippen LogP contribution in [0, 0.1) is 6.92 Å². The van der Waals surface area contributed by atoms with Crippen LogP contribution in [0.25, 0.3) is 26.8 Å². The fourth-order valence-corrected chi connectivity index (χ4v) is 6.44. The minimum Gasteiger partial charge on any atom is -0.329 e. The van der Waals surface area contributed by atoms with E-state index < -0.39 is 17.3 Å². The van der Waals surface area contributed by atoms with Gasteiger partial charge in [-0.3, -0.25) is 14.5 Å². The molecule has 2 aromatic carbocycles. The first-order valence-electron chi connectivity index (χ1n) is 11.1. The minimum absolute atomic E-state index is 0.278. The number of aryl methyl sites for hydroxylation is 2. The number of aromatic nitrogens is 3. The zero-order chi connectivity index (χ0) is 24.3. The Labute approximate surface area is 210 Å². The van der Waals surface area contributed by atoms with E-state index in [2.05, 4.69) is 15.4 Å². The highest BCUT2D eigenvalue weighted by molar-refractivity contribution is 8.09. The Morgan fingerprint density at radius 1 is 1.06 bits per heavy atom. The molecule has 2 aliphatic heterocycles. The third kappa shape index (κ3) is 3.52. The molecule has 1 N–H and O–H groups in total. The van der Waals surface area contributed by atoms with Crippen molar-refractivity contribution in [2.75, 3.05) is 4.90 Å². The second-order valence-corrected chi connectivity index (χ2v) is 10.2. The molecule has 1 fully saturated rings. The van der Waals surface area contributed by atoms with E-state index >= 15 is 0 Å². The molecule has 4 heterocycles. The van der Waals surface area contributed by atoms with E-state index in [0.717, 1.165) is 38.1 Å². The lowest BCUT2D eigenvalue weighted by molar-refractivity contribution is -0.118. The molecular weight excluding hydrogens is 482 g/mol. The van der Waals surface area contributed by atoms with Crippen molar-refractivity contribution in [1.82, 2.24) is 20.1 Å². The number of carbonyl (C=O) groups excluding carboxylic acids is 2. The summed E-state index contributed by atoms with van der Waals surface area (Å²) >= 11 is 8.12. The Balaban J connectivity index is 1.39. The second kappa shape index (κ2) is 8.25. The SMILES string of the molecule is Cc1nn(C)cc1-c1cccc(Cl)c1C1=CC2NC(=O)N(c3cncc4ccccc34)C(=O)C2S1. The number of nitrogens with zero attached hydrogens (tertiary/aromatic N) is 4. The Bertz CT molecular complexity index is 1560. The van der Waals surface area contributed by atoms with Crippen LogP contribution >= 0.6 is 23.4 Å². The number of thioether (sulfide) groups is 1. The average molecular weight is 502 g/mol. The molecule has 0 aliphatic carbocycles. The summed E-state index contributed by atoms with van der Waals surface area (Å²) in [6, 6.07) is 12.4. The van der Waals surface area contributed by atoms with Crippen LogP contribution < -0.4 is 10.2 Å². The van der Waals surface area contributed by atoms with Crippen molar-refractivity contribution in [2.24, 2.45) is 7.05 Å². The molecule has 2 aliphatic rings. The summed E-state index contributed by atoms with van der Waals surface area (Å²) in [6.07, 6.45) is 7.17. The zero-order valence-corrected chi connectivity index (χ0v) is 20.5. The van der Waals surface area contributed by atoms with Crippen LogP contribution in [0.5, 0.6) is 0 Å². The van der Waals surface area contributed by atoms with Gasteiger partial charge in [0.05, 0.1) is 23.6 Å². The van der Waals surface area contributed by atoms with E-state index in [1.165, 1.54) is 16.7 Å². The quantitative estimate of drug-likeness (QED) is 0.418. The summed E-state index contributed by atoms with van der Waals surface area (Å²) in [5, 5.41) is 9.19. The van der Waals surface area contributed by atoms with E-state index in [1.54, 1.807) is 17.1 Å². The number of hydrogen-bond donors (Lipinski definition) is 1. The predicted octanol–water partition coefficient (Wildman–Crippen LogP) is 5.18. The van der Waals surface area contributed by atoms with Gasteiger partial charge in [0, 0.05) is 51.3 Å². The monoisotopic (exact) mass is 501 g/mol. The Morgan fingerprint density at radius 3 is 2.69 bits per heavy atom. The maximum Gasteiger partial charge on any atom is 0.329 e. The first kappa shape index (κ1) is 21.9. The van der Waals surface area contributed by atoms with Crippen molar-refractivity contribution < 1.29 is 9.59 Å². The number of pyridine rings is 1. The molecule has 0 bridgehead atoms. The van der Waals surface area contributed by atoms with Gasteiger partial charge in [-0.25, -0.2) is 9.69 Å². The van der Waals surface area contributed by atoms with Crippen molar-refractivity contribution in [1.29, 1.82) is 0 Å². The summed E-state index contributed by atoms with van der Waals surface area (Å²) in [4.78, 5) is 33.1. The number of urea groups is 1. The molecule has 1 saturated heterocycles. The van der Waals surface area contributed by atoms with E-state index in [9.17, 15) is 9.59 Å². The molecular formula is C26H20ClN5O2S. The first-order chi connectivity index (χ1) is 16.9. The van der Waals surface area contributed by atoms with Crippen molar-refractivity contribution in [3.05, 3.63) is 83.4 Å². The van der Waals surface area contributed by atoms with Gasteiger partial charge in [0.2, 0.25) is 0 Å². The molecule has 2 aromatic heterocycles. The lowest BCUT2D eigenvalue weighted by Gasteiger charge is -2.33. The van der Waals surface area contributed by atoms with Gasteiger partial charge in [0.15, 0.2) is 0 Å². The molecule has 2 unspecified atom stereocenters. The average Bonchev–Trinajstić information content (AvgIpc) is 3.41. The Hall–Kier alpha value is -3.62. The van der Waals surface area contributed by atoms with Crippen LogP contribution in [0.3, 0.4) is 0 Å². The Kier molecular flexibility index (Phi) is 5.16. The number of nitrogens with one attached hydrogen (secondary N) is 1. The van der Waals surface area contributed by atoms with Crippen molar-refractivity contribution in [3.8, 4) is 11.1 Å². The largest absolute Gasteiger partial charge is 0.329 e. The van der Waals surface area contributed by atoms with Crippen LogP contribution in [0.15, 0.2) is 67.1 Å². The van der Waals surface area contributed by atoms with Gasteiger partial charge in [0.25, 0.3) is 5.91 Å². The topological polar surface area (TPSA) is 80.1 Å². The number of benzene rings is 2. The fourth-order valence-electron chi connectivity index (χ4n) is 4.77. The first-order valence-corrected chi connectivity index (χ1v) is 12.3. The standard InChI is InChI=1S/C26H20ClN5O2S/c1-14-18(13-31(2)30-14)17-8-5-9-19(27)23(17)22-10-20-24(35-22)25(33)32(26(34)29-20)21-12-28-11-15-6-3-4-7-16(15)21/h3-13,20,24H,1-2H3,(H,29,34). The molecule has 9 heteroatoms. The number of fused-ring (bicyclic) bond motifs is 2. The van der Waals surface area contributed by atoms with Gasteiger partial charge in [-0.1, -0.05) is 48.0 Å². The van der Waals surface area contributed by atoms with E-state index in [0.29, 0.717) is 10.7 Å². The highest BCUT2D eigenvalue weighted by Crippen LogP contribution is 2.48. The zero-order valence-electron chi connectivity index (χ0n) is 18.9. The van der Waals surface area contributed by atoms with Crippen molar-refractivity contribution >= 4 is 56.7 Å².